The second-order valence-electron chi connectivity index (χ2n) is 8.36. The quantitative estimate of drug-likeness (QED) is 0.421. The van der Waals surface area contributed by atoms with Gasteiger partial charge in [-0.05, 0) is 39.1 Å². The van der Waals surface area contributed by atoms with E-state index >= 15 is 0 Å². The molecular formula is C24H28N6O4. The molecule has 0 bridgehead atoms. The first-order valence-corrected chi connectivity index (χ1v) is 11.2. The molecule has 1 atom stereocenters. The number of hydrogen-bond donors (Lipinski definition) is 1. The number of unbranched alkanes of at least 4 members (excludes halogenated alkanes) is 1. The summed E-state index contributed by atoms with van der Waals surface area (Å²) in [6.45, 7) is 5.82. The van der Waals surface area contributed by atoms with Gasteiger partial charge in [-0.3, -0.25) is 4.79 Å². The number of nitroso groups, excluding NO2 is 1. The van der Waals surface area contributed by atoms with Gasteiger partial charge >= 0.3 is 5.97 Å². The van der Waals surface area contributed by atoms with E-state index in [-0.39, 0.29) is 24.2 Å². The molecule has 3 aromatic rings. The van der Waals surface area contributed by atoms with Gasteiger partial charge in [-0.15, -0.1) is 15.1 Å². The predicted molar refractivity (Wildman–Crippen MR) is 126 cm³/mol. The van der Waals surface area contributed by atoms with Crippen LogP contribution >= 0.6 is 0 Å². The molecule has 1 heterocycles. The monoisotopic (exact) mass is 464 g/mol. The summed E-state index contributed by atoms with van der Waals surface area (Å²) in [7, 11) is 0. The highest BCUT2D eigenvalue weighted by Crippen LogP contribution is 2.30. The lowest BCUT2D eigenvalue weighted by molar-refractivity contribution is -0.153. The minimum absolute atomic E-state index is 0.157. The minimum atomic E-state index is -1.00. The SMILES string of the molecule is CCCCC(=O)N(Cc1ccc(-c2ccccc2-c2nnn(N=O)n2)cc1)[C@H](C(=O)O)C(C)C. The summed E-state index contributed by atoms with van der Waals surface area (Å²) in [5, 5.41) is 23.8. The summed E-state index contributed by atoms with van der Waals surface area (Å²) in [6, 6.07) is 14.1. The third-order valence-corrected chi connectivity index (χ3v) is 5.55. The molecule has 0 spiro atoms. The number of benzene rings is 2. The van der Waals surface area contributed by atoms with E-state index in [1.54, 1.807) is 0 Å². The topological polar surface area (TPSA) is 131 Å². The van der Waals surface area contributed by atoms with Crippen LogP contribution in [0.15, 0.2) is 53.8 Å². The Balaban J connectivity index is 1.89. The Labute approximate surface area is 197 Å². The number of hydrogen-bond acceptors (Lipinski definition) is 7. The normalized spacial score (nSPS) is 11.9. The summed E-state index contributed by atoms with van der Waals surface area (Å²) >= 11 is 0. The van der Waals surface area contributed by atoms with Crippen molar-refractivity contribution in [3.63, 3.8) is 0 Å². The van der Waals surface area contributed by atoms with Crippen molar-refractivity contribution in [3.8, 4) is 22.5 Å². The molecule has 1 amide bonds. The lowest BCUT2D eigenvalue weighted by Gasteiger charge is -2.32. The maximum absolute atomic E-state index is 12.9. The van der Waals surface area contributed by atoms with Gasteiger partial charge in [-0.25, -0.2) is 4.79 Å². The Bertz CT molecular complexity index is 1140. The van der Waals surface area contributed by atoms with Crippen molar-refractivity contribution < 1.29 is 14.7 Å². The van der Waals surface area contributed by atoms with E-state index in [0.717, 1.165) is 23.1 Å². The number of rotatable bonds is 11. The Hall–Kier alpha value is -3.95. The van der Waals surface area contributed by atoms with Crippen molar-refractivity contribution in [1.82, 2.24) is 25.2 Å². The molecule has 0 aliphatic heterocycles. The third kappa shape index (κ3) is 5.69. The zero-order valence-electron chi connectivity index (χ0n) is 19.5. The molecule has 0 aliphatic carbocycles. The van der Waals surface area contributed by atoms with E-state index in [9.17, 15) is 19.6 Å². The van der Waals surface area contributed by atoms with Crippen LogP contribution < -0.4 is 0 Å². The fourth-order valence-corrected chi connectivity index (χ4v) is 3.86. The highest BCUT2D eigenvalue weighted by molar-refractivity contribution is 5.84. The molecule has 0 saturated carbocycles. The number of carboxylic acid groups (broad SMARTS) is 1. The van der Waals surface area contributed by atoms with Crippen molar-refractivity contribution in [2.24, 2.45) is 11.2 Å². The van der Waals surface area contributed by atoms with E-state index in [1.807, 2.05) is 69.3 Å². The molecule has 1 aromatic heterocycles. The maximum atomic E-state index is 12.9. The Morgan fingerprint density at radius 1 is 1.09 bits per heavy atom. The van der Waals surface area contributed by atoms with Gasteiger partial charge in [0.2, 0.25) is 11.7 Å². The van der Waals surface area contributed by atoms with Gasteiger partial charge in [0.05, 0.1) is 0 Å². The molecule has 0 aliphatic rings. The molecule has 0 radical (unpaired) electrons. The fraction of sp³-hybridized carbons (Fsp3) is 0.375. The second-order valence-corrected chi connectivity index (χ2v) is 8.36. The number of carboxylic acids is 1. The maximum Gasteiger partial charge on any atom is 0.326 e. The highest BCUT2D eigenvalue weighted by atomic mass is 16.4. The first kappa shape index (κ1) is 24.7. The summed E-state index contributed by atoms with van der Waals surface area (Å²) in [5.41, 5.74) is 3.22. The zero-order valence-corrected chi connectivity index (χ0v) is 19.5. The van der Waals surface area contributed by atoms with Crippen LogP contribution in [0.5, 0.6) is 0 Å². The molecule has 2 aromatic carbocycles. The van der Waals surface area contributed by atoms with Gasteiger partial charge in [0.25, 0.3) is 0 Å². The molecule has 1 N–H and O–H groups in total. The van der Waals surface area contributed by atoms with E-state index < -0.39 is 12.0 Å². The van der Waals surface area contributed by atoms with E-state index in [2.05, 4.69) is 20.7 Å². The second kappa shape index (κ2) is 11.3. The Morgan fingerprint density at radius 3 is 2.32 bits per heavy atom. The fourth-order valence-electron chi connectivity index (χ4n) is 3.86. The molecule has 10 heteroatoms. The molecular weight excluding hydrogens is 436 g/mol. The number of amides is 1. The number of nitrogens with zero attached hydrogens (tertiary/aromatic N) is 6. The first-order chi connectivity index (χ1) is 16.3. The van der Waals surface area contributed by atoms with Crippen LogP contribution in [0.3, 0.4) is 0 Å². The van der Waals surface area contributed by atoms with Gasteiger partial charge in [-0.2, -0.15) is 0 Å². The number of carbonyl (C=O) groups is 2. The molecule has 0 saturated heterocycles. The average molecular weight is 465 g/mol. The van der Waals surface area contributed by atoms with Crippen LogP contribution in [0.25, 0.3) is 22.5 Å². The summed E-state index contributed by atoms with van der Waals surface area (Å²) in [5.74, 6) is -1.12. The van der Waals surface area contributed by atoms with Crippen LogP contribution in [0, 0.1) is 10.8 Å². The molecule has 34 heavy (non-hydrogen) atoms. The predicted octanol–water partition coefficient (Wildman–Crippen LogP) is 4.16. The van der Waals surface area contributed by atoms with E-state index in [0.29, 0.717) is 23.3 Å². The average Bonchev–Trinajstić information content (AvgIpc) is 3.31. The van der Waals surface area contributed by atoms with Gasteiger partial charge in [0.15, 0.2) is 0 Å². The van der Waals surface area contributed by atoms with Crippen LogP contribution in [0.1, 0.15) is 45.6 Å². The Kier molecular flexibility index (Phi) is 8.18. The molecule has 0 unspecified atom stereocenters. The number of aliphatic carboxylic acids is 1. The van der Waals surface area contributed by atoms with Gasteiger partial charge in [-0.1, -0.05) is 75.7 Å². The number of tetrazole rings is 1. The van der Waals surface area contributed by atoms with Gasteiger partial charge in [0.1, 0.15) is 11.3 Å². The van der Waals surface area contributed by atoms with Crippen LogP contribution in [-0.4, -0.2) is 48.2 Å². The van der Waals surface area contributed by atoms with Crippen LogP contribution in [-0.2, 0) is 16.1 Å². The van der Waals surface area contributed by atoms with Crippen molar-refractivity contribution in [1.29, 1.82) is 0 Å². The number of aromatic nitrogens is 4. The number of carbonyl (C=O) groups excluding carboxylic acids is 1. The summed E-state index contributed by atoms with van der Waals surface area (Å²) in [4.78, 5) is 37.6. The zero-order chi connectivity index (χ0) is 24.7. The highest BCUT2D eigenvalue weighted by Gasteiger charge is 2.32. The smallest absolute Gasteiger partial charge is 0.326 e. The minimum Gasteiger partial charge on any atom is -0.480 e. The van der Waals surface area contributed by atoms with Gasteiger partial charge < -0.3 is 10.0 Å². The standard InChI is InChI=1S/C24H28N6O4/c1-4-5-10-21(31)29(22(16(2)3)24(32)33)15-17-11-13-18(14-12-17)19-8-6-7-9-20(19)23-25-27-30(26-23)28-34/h6-9,11-14,16,22H,4-5,10,15H2,1-3H3,(H,32,33)/t22-/m0/s1. The van der Waals surface area contributed by atoms with Gasteiger partial charge in [0, 0.05) is 18.5 Å². The molecule has 178 valence electrons. The first-order valence-electron chi connectivity index (χ1n) is 11.2. The van der Waals surface area contributed by atoms with Crippen LogP contribution in [0.2, 0.25) is 0 Å². The molecule has 10 nitrogen and oxygen atoms in total. The summed E-state index contributed by atoms with van der Waals surface area (Å²) in [6.07, 6.45) is 1.90. The van der Waals surface area contributed by atoms with Crippen molar-refractivity contribution in [3.05, 3.63) is 59.0 Å². The lowest BCUT2D eigenvalue weighted by atomic mass is 9.97. The van der Waals surface area contributed by atoms with E-state index in [4.69, 9.17) is 0 Å². The lowest BCUT2D eigenvalue weighted by Crippen LogP contribution is -2.47. The largest absolute Gasteiger partial charge is 0.480 e. The Morgan fingerprint density at radius 2 is 1.76 bits per heavy atom. The summed E-state index contributed by atoms with van der Waals surface area (Å²) < 4.78 is 0. The molecule has 3 rings (SSSR count). The van der Waals surface area contributed by atoms with E-state index in [1.165, 1.54) is 4.90 Å². The molecule has 0 fully saturated rings. The third-order valence-electron chi connectivity index (χ3n) is 5.55. The van der Waals surface area contributed by atoms with Crippen LogP contribution in [0.4, 0.5) is 0 Å². The van der Waals surface area contributed by atoms with Crippen molar-refractivity contribution in [2.75, 3.05) is 0 Å². The van der Waals surface area contributed by atoms with Crippen molar-refractivity contribution >= 4 is 11.9 Å². The van der Waals surface area contributed by atoms with Crippen molar-refractivity contribution in [2.45, 2.75) is 52.6 Å².